The van der Waals surface area contributed by atoms with Crippen LogP contribution in [0.1, 0.15) is 37.8 Å². The van der Waals surface area contributed by atoms with Crippen LogP contribution in [-0.2, 0) is 16.0 Å². The monoisotopic (exact) mass is 358 g/mol. The Kier molecular flexibility index (Phi) is 6.25. The van der Waals surface area contributed by atoms with E-state index in [1.165, 1.54) is 6.42 Å². The first-order valence-corrected chi connectivity index (χ1v) is 9.71. The van der Waals surface area contributed by atoms with Crippen LogP contribution in [0.2, 0.25) is 0 Å². The summed E-state index contributed by atoms with van der Waals surface area (Å²) in [5.74, 6) is 0.370. The molecule has 0 aromatic carbocycles. The van der Waals surface area contributed by atoms with Crippen LogP contribution in [0.15, 0.2) is 24.4 Å². The van der Waals surface area contributed by atoms with Crippen molar-refractivity contribution in [3.8, 4) is 0 Å². The Morgan fingerprint density at radius 3 is 2.92 bits per heavy atom. The molecule has 0 radical (unpaired) electrons. The number of aromatic nitrogens is 1. The number of nitrogens with zero attached hydrogens (tertiary/aromatic N) is 3. The maximum atomic E-state index is 12.4. The summed E-state index contributed by atoms with van der Waals surface area (Å²) in [5, 5.41) is 2.70. The Morgan fingerprint density at radius 1 is 1.27 bits per heavy atom. The van der Waals surface area contributed by atoms with Crippen LogP contribution in [0.5, 0.6) is 0 Å². The zero-order chi connectivity index (χ0) is 18.4. The van der Waals surface area contributed by atoms with E-state index >= 15 is 0 Å². The SMILES string of the molecule is CNC(=O)CCN1CCC[C@]2(CCC(=O)N(CCc3ccccn3)C2)C1. The molecule has 1 aromatic heterocycles. The van der Waals surface area contributed by atoms with Gasteiger partial charge < -0.3 is 15.1 Å². The Hall–Kier alpha value is -1.95. The molecular weight excluding hydrogens is 328 g/mol. The molecule has 2 saturated heterocycles. The number of hydrogen-bond acceptors (Lipinski definition) is 4. The minimum atomic E-state index is 0.0976. The van der Waals surface area contributed by atoms with Gasteiger partial charge in [0, 0.05) is 69.8 Å². The summed E-state index contributed by atoms with van der Waals surface area (Å²) < 4.78 is 0. The molecule has 0 unspecified atom stereocenters. The first kappa shape index (κ1) is 18.8. The lowest BCUT2D eigenvalue weighted by molar-refractivity contribution is -0.139. The van der Waals surface area contributed by atoms with E-state index in [1.54, 1.807) is 13.2 Å². The fourth-order valence-corrected chi connectivity index (χ4v) is 4.32. The number of carbonyl (C=O) groups excluding carboxylic acids is 2. The van der Waals surface area contributed by atoms with Crippen LogP contribution in [0, 0.1) is 5.41 Å². The van der Waals surface area contributed by atoms with Crippen LogP contribution in [-0.4, -0.2) is 66.4 Å². The summed E-state index contributed by atoms with van der Waals surface area (Å²) in [7, 11) is 1.69. The van der Waals surface area contributed by atoms with Crippen LogP contribution < -0.4 is 5.32 Å². The van der Waals surface area contributed by atoms with E-state index in [9.17, 15) is 9.59 Å². The van der Waals surface area contributed by atoms with E-state index in [1.807, 2.05) is 23.1 Å². The Morgan fingerprint density at radius 2 is 2.15 bits per heavy atom. The normalized spacial score (nSPS) is 24.0. The van der Waals surface area contributed by atoms with Gasteiger partial charge in [0.25, 0.3) is 0 Å². The molecule has 0 saturated carbocycles. The number of carbonyl (C=O) groups is 2. The minimum Gasteiger partial charge on any atom is -0.359 e. The number of nitrogens with one attached hydrogen (secondary N) is 1. The highest BCUT2D eigenvalue weighted by Crippen LogP contribution is 2.38. The summed E-state index contributed by atoms with van der Waals surface area (Å²) in [6.45, 7) is 4.45. The number of likely N-dealkylation sites (tertiary alicyclic amines) is 2. The lowest BCUT2D eigenvalue weighted by Crippen LogP contribution is -2.54. The predicted octanol–water partition coefficient (Wildman–Crippen LogP) is 1.46. The first-order valence-electron chi connectivity index (χ1n) is 9.71. The largest absolute Gasteiger partial charge is 0.359 e. The fourth-order valence-electron chi connectivity index (χ4n) is 4.32. The average Bonchev–Trinajstić information content (AvgIpc) is 2.68. The van der Waals surface area contributed by atoms with Crippen molar-refractivity contribution < 1.29 is 9.59 Å². The molecule has 2 aliphatic rings. The van der Waals surface area contributed by atoms with Gasteiger partial charge in [-0.25, -0.2) is 0 Å². The number of pyridine rings is 1. The maximum absolute atomic E-state index is 12.4. The van der Waals surface area contributed by atoms with Gasteiger partial charge in [0.2, 0.25) is 11.8 Å². The van der Waals surface area contributed by atoms with Crippen molar-refractivity contribution in [1.82, 2.24) is 20.1 Å². The van der Waals surface area contributed by atoms with Crippen molar-refractivity contribution >= 4 is 11.8 Å². The second kappa shape index (κ2) is 8.62. The number of rotatable bonds is 6. The van der Waals surface area contributed by atoms with Gasteiger partial charge in [-0.1, -0.05) is 6.07 Å². The fraction of sp³-hybridized carbons (Fsp3) is 0.650. The van der Waals surface area contributed by atoms with Crippen LogP contribution in [0.4, 0.5) is 0 Å². The van der Waals surface area contributed by atoms with E-state index in [2.05, 4.69) is 15.2 Å². The molecule has 26 heavy (non-hydrogen) atoms. The Bertz CT molecular complexity index is 621. The third kappa shape index (κ3) is 4.81. The van der Waals surface area contributed by atoms with Gasteiger partial charge in [-0.05, 0) is 37.9 Å². The Labute approximate surface area is 156 Å². The summed E-state index contributed by atoms with van der Waals surface area (Å²) in [6, 6.07) is 5.93. The molecule has 1 aromatic rings. The van der Waals surface area contributed by atoms with E-state index in [0.29, 0.717) is 12.8 Å². The predicted molar refractivity (Wildman–Crippen MR) is 101 cm³/mol. The molecule has 6 nitrogen and oxygen atoms in total. The van der Waals surface area contributed by atoms with Crippen LogP contribution >= 0.6 is 0 Å². The highest BCUT2D eigenvalue weighted by atomic mass is 16.2. The quantitative estimate of drug-likeness (QED) is 0.836. The summed E-state index contributed by atoms with van der Waals surface area (Å²) >= 11 is 0. The summed E-state index contributed by atoms with van der Waals surface area (Å²) in [6.07, 6.45) is 7.11. The molecule has 3 heterocycles. The standard InChI is InChI=1S/C20H30N4O2/c1-21-18(25)8-13-23-12-4-9-20(15-23)10-6-19(26)24(16-20)14-7-17-5-2-3-11-22-17/h2-3,5,11H,4,6-10,12-16H2,1H3,(H,21,25)/t20-/m0/s1. The maximum Gasteiger partial charge on any atom is 0.222 e. The molecule has 1 atom stereocenters. The zero-order valence-corrected chi connectivity index (χ0v) is 15.7. The van der Waals surface area contributed by atoms with Gasteiger partial charge in [-0.3, -0.25) is 14.6 Å². The minimum absolute atomic E-state index is 0.0976. The molecule has 1 N–H and O–H groups in total. The highest BCUT2D eigenvalue weighted by molar-refractivity contribution is 5.77. The van der Waals surface area contributed by atoms with Gasteiger partial charge in [0.05, 0.1) is 0 Å². The van der Waals surface area contributed by atoms with Gasteiger partial charge in [0.1, 0.15) is 0 Å². The van der Waals surface area contributed by atoms with Crippen LogP contribution in [0.25, 0.3) is 0 Å². The number of hydrogen-bond donors (Lipinski definition) is 1. The molecule has 2 aliphatic heterocycles. The van der Waals surface area contributed by atoms with E-state index in [4.69, 9.17) is 0 Å². The topological polar surface area (TPSA) is 65.5 Å². The summed E-state index contributed by atoms with van der Waals surface area (Å²) in [5.41, 5.74) is 1.23. The average molecular weight is 358 g/mol. The van der Waals surface area contributed by atoms with Gasteiger partial charge in [0.15, 0.2) is 0 Å². The highest BCUT2D eigenvalue weighted by Gasteiger charge is 2.41. The van der Waals surface area contributed by atoms with Crippen molar-refractivity contribution in [2.75, 3.05) is 39.8 Å². The molecular formula is C20H30N4O2. The smallest absolute Gasteiger partial charge is 0.222 e. The molecule has 3 rings (SSSR count). The molecule has 0 bridgehead atoms. The molecule has 6 heteroatoms. The molecule has 0 aliphatic carbocycles. The lowest BCUT2D eigenvalue weighted by atomic mass is 9.73. The van der Waals surface area contributed by atoms with Crippen molar-refractivity contribution in [2.45, 2.75) is 38.5 Å². The third-order valence-electron chi connectivity index (χ3n) is 5.79. The first-order chi connectivity index (χ1) is 12.6. The molecule has 2 amide bonds. The number of amides is 2. The lowest BCUT2D eigenvalue weighted by Gasteiger charge is -2.48. The second-order valence-electron chi connectivity index (χ2n) is 7.69. The van der Waals surface area contributed by atoms with Gasteiger partial charge in [-0.2, -0.15) is 0 Å². The zero-order valence-electron chi connectivity index (χ0n) is 15.7. The molecule has 142 valence electrons. The van der Waals surface area contributed by atoms with E-state index in [0.717, 1.165) is 57.7 Å². The van der Waals surface area contributed by atoms with Crippen LogP contribution in [0.3, 0.4) is 0 Å². The van der Waals surface area contributed by atoms with E-state index in [-0.39, 0.29) is 17.2 Å². The van der Waals surface area contributed by atoms with E-state index < -0.39 is 0 Å². The van der Waals surface area contributed by atoms with Crippen molar-refractivity contribution in [3.05, 3.63) is 30.1 Å². The van der Waals surface area contributed by atoms with Crippen molar-refractivity contribution in [1.29, 1.82) is 0 Å². The number of piperidine rings is 2. The van der Waals surface area contributed by atoms with Gasteiger partial charge in [-0.15, -0.1) is 0 Å². The summed E-state index contributed by atoms with van der Waals surface area (Å²) in [4.78, 5) is 32.8. The third-order valence-corrected chi connectivity index (χ3v) is 5.79. The molecule has 2 fully saturated rings. The Balaban J connectivity index is 1.57. The molecule has 1 spiro atoms. The van der Waals surface area contributed by atoms with Crippen molar-refractivity contribution in [2.24, 2.45) is 5.41 Å². The second-order valence-corrected chi connectivity index (χ2v) is 7.69. The van der Waals surface area contributed by atoms with Gasteiger partial charge >= 0.3 is 0 Å². The van der Waals surface area contributed by atoms with Crippen molar-refractivity contribution in [3.63, 3.8) is 0 Å².